The first-order chi connectivity index (χ1) is 4.77. The first-order valence-electron chi connectivity index (χ1n) is 3.74. The molecule has 0 bridgehead atoms. The minimum atomic E-state index is -0.0666. The SMILES string of the molecule is NC1(NCCCC=O)CC1. The van der Waals surface area contributed by atoms with Crippen molar-refractivity contribution in [1.29, 1.82) is 0 Å². The highest BCUT2D eigenvalue weighted by atomic mass is 16.1. The number of hydrogen-bond acceptors (Lipinski definition) is 3. The van der Waals surface area contributed by atoms with Gasteiger partial charge in [-0.3, -0.25) is 5.32 Å². The van der Waals surface area contributed by atoms with Crippen LogP contribution in [0.25, 0.3) is 0 Å². The molecule has 0 atom stereocenters. The van der Waals surface area contributed by atoms with Gasteiger partial charge in [-0.1, -0.05) is 0 Å². The molecule has 0 amide bonds. The van der Waals surface area contributed by atoms with Crippen LogP contribution in [0.3, 0.4) is 0 Å². The standard InChI is InChI=1S/C7H14N2O/c8-7(3-4-7)9-5-1-2-6-10/h6,9H,1-5,8H2. The zero-order valence-electron chi connectivity index (χ0n) is 6.10. The van der Waals surface area contributed by atoms with E-state index in [0.29, 0.717) is 6.42 Å². The largest absolute Gasteiger partial charge is 0.313 e. The van der Waals surface area contributed by atoms with Gasteiger partial charge in [0.25, 0.3) is 0 Å². The van der Waals surface area contributed by atoms with Gasteiger partial charge in [0.1, 0.15) is 6.29 Å². The highest BCUT2D eigenvalue weighted by Gasteiger charge is 2.36. The van der Waals surface area contributed by atoms with Crippen LogP contribution in [0.4, 0.5) is 0 Å². The second-order valence-corrected chi connectivity index (χ2v) is 2.89. The number of carbonyl (C=O) groups is 1. The van der Waals surface area contributed by atoms with E-state index in [1.807, 2.05) is 0 Å². The quantitative estimate of drug-likeness (QED) is 0.323. The molecule has 0 aromatic rings. The van der Waals surface area contributed by atoms with E-state index in [2.05, 4.69) is 5.32 Å². The molecular formula is C7H14N2O. The van der Waals surface area contributed by atoms with Crippen LogP contribution in [0.15, 0.2) is 0 Å². The molecule has 0 saturated heterocycles. The van der Waals surface area contributed by atoms with Gasteiger partial charge in [0.05, 0.1) is 5.66 Å². The highest BCUT2D eigenvalue weighted by molar-refractivity contribution is 5.49. The number of rotatable bonds is 5. The minimum Gasteiger partial charge on any atom is -0.313 e. The molecule has 0 spiro atoms. The zero-order valence-corrected chi connectivity index (χ0v) is 6.10. The molecule has 1 fully saturated rings. The second-order valence-electron chi connectivity index (χ2n) is 2.89. The van der Waals surface area contributed by atoms with E-state index in [1.165, 1.54) is 0 Å². The van der Waals surface area contributed by atoms with Crippen molar-refractivity contribution in [3.8, 4) is 0 Å². The predicted octanol–water partition coefficient (Wildman–Crippen LogP) is 0.00390. The van der Waals surface area contributed by atoms with Gasteiger partial charge in [0.2, 0.25) is 0 Å². The first kappa shape index (κ1) is 7.69. The Labute approximate surface area is 61.0 Å². The van der Waals surface area contributed by atoms with Crippen LogP contribution in [0, 0.1) is 0 Å². The average Bonchev–Trinajstić information content (AvgIpc) is 2.62. The third-order valence-electron chi connectivity index (χ3n) is 1.76. The molecule has 1 aliphatic carbocycles. The van der Waals surface area contributed by atoms with Gasteiger partial charge >= 0.3 is 0 Å². The summed E-state index contributed by atoms with van der Waals surface area (Å²) in [4.78, 5) is 9.89. The van der Waals surface area contributed by atoms with E-state index < -0.39 is 0 Å². The van der Waals surface area contributed by atoms with Crippen LogP contribution in [0.2, 0.25) is 0 Å². The monoisotopic (exact) mass is 142 g/mol. The number of nitrogens with one attached hydrogen (secondary N) is 1. The molecule has 3 heteroatoms. The normalized spacial score (nSPS) is 20.5. The molecule has 58 valence electrons. The van der Waals surface area contributed by atoms with E-state index >= 15 is 0 Å². The molecule has 10 heavy (non-hydrogen) atoms. The lowest BCUT2D eigenvalue weighted by Crippen LogP contribution is -2.40. The lowest BCUT2D eigenvalue weighted by Gasteiger charge is -2.09. The van der Waals surface area contributed by atoms with Crippen LogP contribution >= 0.6 is 0 Å². The highest BCUT2D eigenvalue weighted by Crippen LogP contribution is 2.28. The molecule has 0 aromatic carbocycles. The fourth-order valence-corrected chi connectivity index (χ4v) is 0.834. The molecule has 1 aliphatic rings. The Morgan fingerprint density at radius 3 is 2.80 bits per heavy atom. The van der Waals surface area contributed by atoms with E-state index in [9.17, 15) is 4.79 Å². The minimum absolute atomic E-state index is 0.0666. The summed E-state index contributed by atoms with van der Waals surface area (Å²) in [5.41, 5.74) is 5.66. The van der Waals surface area contributed by atoms with Crippen LogP contribution in [0.5, 0.6) is 0 Å². The fourth-order valence-electron chi connectivity index (χ4n) is 0.834. The van der Waals surface area contributed by atoms with Gasteiger partial charge in [0, 0.05) is 6.42 Å². The molecule has 1 saturated carbocycles. The fraction of sp³-hybridized carbons (Fsp3) is 0.857. The number of aldehydes is 1. The summed E-state index contributed by atoms with van der Waals surface area (Å²) < 4.78 is 0. The van der Waals surface area contributed by atoms with Crippen LogP contribution in [0.1, 0.15) is 25.7 Å². The zero-order chi connectivity index (χ0) is 7.45. The predicted molar refractivity (Wildman–Crippen MR) is 39.5 cm³/mol. The van der Waals surface area contributed by atoms with Crippen molar-refractivity contribution in [2.45, 2.75) is 31.3 Å². The van der Waals surface area contributed by atoms with Gasteiger partial charge in [-0.2, -0.15) is 0 Å². The van der Waals surface area contributed by atoms with Crippen molar-refractivity contribution in [2.75, 3.05) is 6.54 Å². The molecule has 3 N–H and O–H groups in total. The van der Waals surface area contributed by atoms with Crippen molar-refractivity contribution in [3.63, 3.8) is 0 Å². The Bertz CT molecular complexity index is 121. The van der Waals surface area contributed by atoms with E-state index in [0.717, 1.165) is 32.1 Å². The Kier molecular flexibility index (Phi) is 2.40. The van der Waals surface area contributed by atoms with Crippen LogP contribution < -0.4 is 11.1 Å². The summed E-state index contributed by atoms with van der Waals surface area (Å²) >= 11 is 0. The van der Waals surface area contributed by atoms with Crippen molar-refractivity contribution in [3.05, 3.63) is 0 Å². The Morgan fingerprint density at radius 1 is 1.60 bits per heavy atom. The first-order valence-corrected chi connectivity index (χ1v) is 3.74. The summed E-state index contributed by atoms with van der Waals surface area (Å²) in [6.45, 7) is 0.870. The molecule has 0 radical (unpaired) electrons. The summed E-state index contributed by atoms with van der Waals surface area (Å²) in [5.74, 6) is 0. The maximum atomic E-state index is 9.89. The molecule has 0 unspecified atom stereocenters. The van der Waals surface area contributed by atoms with Gasteiger partial charge in [0.15, 0.2) is 0 Å². The number of carbonyl (C=O) groups excluding carboxylic acids is 1. The molecule has 0 heterocycles. The summed E-state index contributed by atoms with van der Waals surface area (Å²) in [6.07, 6.45) is 4.64. The Morgan fingerprint density at radius 2 is 2.30 bits per heavy atom. The number of hydrogen-bond donors (Lipinski definition) is 2. The van der Waals surface area contributed by atoms with E-state index in [4.69, 9.17) is 5.73 Å². The third-order valence-corrected chi connectivity index (χ3v) is 1.76. The van der Waals surface area contributed by atoms with E-state index in [-0.39, 0.29) is 5.66 Å². The third kappa shape index (κ3) is 2.45. The average molecular weight is 142 g/mol. The Balaban J connectivity index is 1.90. The smallest absolute Gasteiger partial charge is 0.120 e. The topological polar surface area (TPSA) is 55.1 Å². The van der Waals surface area contributed by atoms with Crippen LogP contribution in [-0.4, -0.2) is 18.5 Å². The number of nitrogens with two attached hydrogens (primary N) is 1. The van der Waals surface area contributed by atoms with Crippen LogP contribution in [-0.2, 0) is 4.79 Å². The molecule has 1 rings (SSSR count). The van der Waals surface area contributed by atoms with Crippen molar-refractivity contribution in [1.82, 2.24) is 5.32 Å². The Hall–Kier alpha value is -0.410. The maximum Gasteiger partial charge on any atom is 0.120 e. The van der Waals surface area contributed by atoms with Crippen molar-refractivity contribution in [2.24, 2.45) is 5.73 Å². The number of unbranched alkanes of at least 4 members (excludes halogenated alkanes) is 1. The molecule has 0 aliphatic heterocycles. The molecule has 0 aromatic heterocycles. The molecular weight excluding hydrogens is 128 g/mol. The molecule has 3 nitrogen and oxygen atoms in total. The van der Waals surface area contributed by atoms with Crippen molar-refractivity contribution >= 4 is 6.29 Å². The van der Waals surface area contributed by atoms with E-state index in [1.54, 1.807) is 0 Å². The second kappa shape index (κ2) is 3.12. The van der Waals surface area contributed by atoms with Gasteiger partial charge in [-0.15, -0.1) is 0 Å². The summed E-state index contributed by atoms with van der Waals surface area (Å²) in [5, 5.41) is 3.19. The maximum absolute atomic E-state index is 9.89. The summed E-state index contributed by atoms with van der Waals surface area (Å²) in [6, 6.07) is 0. The summed E-state index contributed by atoms with van der Waals surface area (Å²) in [7, 11) is 0. The van der Waals surface area contributed by atoms with Gasteiger partial charge < -0.3 is 10.5 Å². The lowest BCUT2D eigenvalue weighted by atomic mass is 10.3. The lowest BCUT2D eigenvalue weighted by molar-refractivity contribution is -0.107. The van der Waals surface area contributed by atoms with Gasteiger partial charge in [-0.05, 0) is 25.8 Å². The van der Waals surface area contributed by atoms with Crippen molar-refractivity contribution < 1.29 is 4.79 Å². The van der Waals surface area contributed by atoms with Gasteiger partial charge in [-0.25, -0.2) is 0 Å².